The molecule has 0 radical (unpaired) electrons. The van der Waals surface area contributed by atoms with E-state index in [0.717, 1.165) is 17.8 Å². The number of carbonyl (C=O) groups excluding carboxylic acids is 2. The Morgan fingerprint density at radius 2 is 2.04 bits per heavy atom. The number of nitrogens with one attached hydrogen (secondary N) is 1. The van der Waals surface area contributed by atoms with Gasteiger partial charge in [0.1, 0.15) is 0 Å². The molecule has 1 aliphatic rings. The number of carbonyl (C=O) groups is 2. The second-order valence-corrected chi connectivity index (χ2v) is 5.80. The van der Waals surface area contributed by atoms with Crippen LogP contribution in [0.15, 0.2) is 33.3 Å². The molecule has 1 N–H and O–H groups in total. The van der Waals surface area contributed by atoms with E-state index in [1.165, 1.54) is 39.7 Å². The van der Waals surface area contributed by atoms with Crippen LogP contribution in [-0.2, 0) is 14.3 Å². The zero-order chi connectivity index (χ0) is 20.0. The van der Waals surface area contributed by atoms with Crippen molar-refractivity contribution in [2.75, 3.05) is 21.3 Å². The van der Waals surface area contributed by atoms with Crippen LogP contribution in [0.3, 0.4) is 0 Å². The lowest BCUT2D eigenvalue weighted by Gasteiger charge is -2.08. The second-order valence-electron chi connectivity index (χ2n) is 4.77. The first-order chi connectivity index (χ1) is 12.9. The van der Waals surface area contributed by atoms with Crippen LogP contribution in [-0.4, -0.2) is 49.5 Å². The van der Waals surface area contributed by atoms with Crippen LogP contribution in [0.25, 0.3) is 0 Å². The molecule has 11 nitrogen and oxygen atoms in total. The minimum absolute atomic E-state index is 0.0119. The van der Waals surface area contributed by atoms with Gasteiger partial charge in [0.25, 0.3) is 5.91 Å². The topological polar surface area (TPSA) is 142 Å². The highest BCUT2D eigenvalue weighted by atomic mass is 32.2. The maximum absolute atomic E-state index is 11.7. The van der Waals surface area contributed by atoms with Gasteiger partial charge >= 0.3 is 11.7 Å². The van der Waals surface area contributed by atoms with Gasteiger partial charge in [0.15, 0.2) is 10.9 Å². The van der Waals surface area contributed by atoms with E-state index in [4.69, 9.17) is 9.47 Å². The first-order valence-electron chi connectivity index (χ1n) is 7.19. The standard InChI is InChI=1S/C15H14N4O7S/c1-24-10-5-8(4-9(19(22)23)13(10)26-3)7-16-18-15-17-14(21)11(27-15)6-12(20)25-2/h4-7H,1-3H3,(H,17,18,21)/b11-6+,16-7?. The molecule has 27 heavy (non-hydrogen) atoms. The molecule has 0 aromatic heterocycles. The molecule has 0 spiro atoms. The second kappa shape index (κ2) is 8.80. The number of nitro benzene ring substituents is 1. The molecule has 1 amide bonds. The molecule has 0 bridgehead atoms. The number of hydrogen-bond acceptors (Lipinski definition) is 10. The largest absolute Gasteiger partial charge is 0.493 e. The van der Waals surface area contributed by atoms with E-state index >= 15 is 0 Å². The van der Waals surface area contributed by atoms with Gasteiger partial charge in [-0.1, -0.05) is 0 Å². The van der Waals surface area contributed by atoms with Crippen molar-refractivity contribution in [2.24, 2.45) is 10.2 Å². The number of ether oxygens (including phenoxy) is 3. The quantitative estimate of drug-likeness (QED) is 0.249. The lowest BCUT2D eigenvalue weighted by atomic mass is 10.2. The highest BCUT2D eigenvalue weighted by Crippen LogP contribution is 2.37. The number of nitro groups is 1. The maximum atomic E-state index is 11.7. The van der Waals surface area contributed by atoms with Crippen LogP contribution in [0.2, 0.25) is 0 Å². The minimum Gasteiger partial charge on any atom is -0.493 e. The number of rotatable bonds is 6. The van der Waals surface area contributed by atoms with Crippen molar-refractivity contribution in [3.63, 3.8) is 0 Å². The highest BCUT2D eigenvalue weighted by Gasteiger charge is 2.25. The fourth-order valence-electron chi connectivity index (χ4n) is 1.96. The Morgan fingerprint density at radius 3 is 2.63 bits per heavy atom. The molecule has 1 aromatic carbocycles. The molecule has 142 valence electrons. The Morgan fingerprint density at radius 1 is 1.30 bits per heavy atom. The molecular formula is C15H14N4O7S. The molecule has 1 aliphatic heterocycles. The molecule has 2 rings (SSSR count). The summed E-state index contributed by atoms with van der Waals surface area (Å²) in [5.74, 6) is -1.04. The monoisotopic (exact) mass is 394 g/mol. The first-order valence-corrected chi connectivity index (χ1v) is 8.01. The average Bonchev–Trinajstić information content (AvgIpc) is 2.99. The molecule has 12 heteroatoms. The third-order valence-corrected chi connectivity index (χ3v) is 4.03. The Balaban J connectivity index is 2.24. The fourth-order valence-corrected chi connectivity index (χ4v) is 2.70. The Labute approximate surface area is 157 Å². The highest BCUT2D eigenvalue weighted by molar-refractivity contribution is 8.18. The number of benzene rings is 1. The maximum Gasteiger partial charge on any atom is 0.331 e. The van der Waals surface area contributed by atoms with E-state index in [9.17, 15) is 19.7 Å². The lowest BCUT2D eigenvalue weighted by Crippen LogP contribution is -2.19. The average molecular weight is 394 g/mol. The number of amides is 1. The van der Waals surface area contributed by atoms with E-state index < -0.39 is 16.8 Å². The smallest absolute Gasteiger partial charge is 0.331 e. The molecule has 1 aromatic rings. The summed E-state index contributed by atoms with van der Waals surface area (Å²) in [5, 5.41) is 21.3. The fraction of sp³-hybridized carbons (Fsp3) is 0.200. The third kappa shape index (κ3) is 4.82. The van der Waals surface area contributed by atoms with Gasteiger partial charge in [-0.15, -0.1) is 5.10 Å². The lowest BCUT2D eigenvalue weighted by molar-refractivity contribution is -0.385. The van der Waals surface area contributed by atoms with Crippen molar-refractivity contribution in [3.8, 4) is 11.5 Å². The summed E-state index contributed by atoms with van der Waals surface area (Å²) in [4.78, 5) is 33.5. The van der Waals surface area contributed by atoms with Crippen molar-refractivity contribution in [2.45, 2.75) is 0 Å². The zero-order valence-corrected chi connectivity index (χ0v) is 15.2. The van der Waals surface area contributed by atoms with Crippen LogP contribution >= 0.6 is 11.8 Å². The van der Waals surface area contributed by atoms with Crippen molar-refractivity contribution >= 4 is 40.7 Å². The van der Waals surface area contributed by atoms with Gasteiger partial charge in [0, 0.05) is 17.7 Å². The van der Waals surface area contributed by atoms with Crippen LogP contribution in [0, 0.1) is 10.1 Å². The Hall–Kier alpha value is -3.41. The molecule has 0 unspecified atom stereocenters. The number of amidine groups is 1. The van der Waals surface area contributed by atoms with E-state index in [2.05, 4.69) is 20.3 Å². The van der Waals surface area contributed by atoms with Crippen LogP contribution < -0.4 is 14.8 Å². The third-order valence-electron chi connectivity index (χ3n) is 3.13. The van der Waals surface area contributed by atoms with E-state index in [1.54, 1.807) is 0 Å². The van der Waals surface area contributed by atoms with Crippen molar-refractivity contribution < 1.29 is 28.7 Å². The number of nitrogens with zero attached hydrogens (tertiary/aromatic N) is 3. The van der Waals surface area contributed by atoms with Crippen LogP contribution in [0.4, 0.5) is 5.69 Å². The van der Waals surface area contributed by atoms with Crippen molar-refractivity contribution in [1.82, 2.24) is 5.32 Å². The number of hydrogen-bond donors (Lipinski definition) is 1. The predicted molar refractivity (Wildman–Crippen MR) is 97.1 cm³/mol. The van der Waals surface area contributed by atoms with Gasteiger partial charge in [-0.2, -0.15) is 5.10 Å². The summed E-state index contributed by atoms with van der Waals surface area (Å²) in [6.45, 7) is 0. The van der Waals surface area contributed by atoms with Gasteiger partial charge < -0.3 is 14.2 Å². The molecule has 1 saturated heterocycles. The summed E-state index contributed by atoms with van der Waals surface area (Å²) in [6, 6.07) is 2.73. The summed E-state index contributed by atoms with van der Waals surface area (Å²) in [6.07, 6.45) is 2.28. The van der Waals surface area contributed by atoms with Gasteiger partial charge in [-0.3, -0.25) is 20.2 Å². The van der Waals surface area contributed by atoms with Gasteiger partial charge in [0.2, 0.25) is 5.75 Å². The predicted octanol–water partition coefficient (Wildman–Crippen LogP) is 1.22. The molecule has 0 atom stereocenters. The van der Waals surface area contributed by atoms with Gasteiger partial charge in [-0.25, -0.2) is 4.79 Å². The van der Waals surface area contributed by atoms with Crippen LogP contribution in [0.1, 0.15) is 5.56 Å². The first kappa shape index (κ1) is 19.9. The van der Waals surface area contributed by atoms with Crippen LogP contribution in [0.5, 0.6) is 11.5 Å². The summed E-state index contributed by atoms with van der Waals surface area (Å²) >= 11 is 0.902. The minimum atomic E-state index is -0.671. The van der Waals surface area contributed by atoms with Crippen molar-refractivity contribution in [1.29, 1.82) is 0 Å². The Kier molecular flexibility index (Phi) is 6.49. The summed E-state index contributed by atoms with van der Waals surface area (Å²) in [5.41, 5.74) is 0.0427. The van der Waals surface area contributed by atoms with Gasteiger partial charge in [0.05, 0.1) is 37.4 Å². The molecule has 1 fully saturated rings. The van der Waals surface area contributed by atoms with E-state index in [0.29, 0.717) is 5.56 Å². The van der Waals surface area contributed by atoms with E-state index in [-0.39, 0.29) is 27.3 Å². The number of thioether (sulfide) groups is 1. The summed E-state index contributed by atoms with van der Waals surface area (Å²) in [7, 11) is 3.84. The van der Waals surface area contributed by atoms with Crippen molar-refractivity contribution in [3.05, 3.63) is 38.8 Å². The van der Waals surface area contributed by atoms with Gasteiger partial charge in [-0.05, 0) is 17.8 Å². The number of esters is 1. The SMILES string of the molecule is COC(=O)/C=C1/S/C(=N\N=Cc2cc(OC)c(OC)c([N+](=O)[O-])c2)NC1=O. The van der Waals surface area contributed by atoms with E-state index in [1.807, 2.05) is 0 Å². The normalized spacial score (nSPS) is 16.6. The number of methoxy groups -OCH3 is 3. The molecular weight excluding hydrogens is 380 g/mol. The Bertz CT molecular complexity index is 879. The summed E-state index contributed by atoms with van der Waals surface area (Å²) < 4.78 is 14.5. The zero-order valence-electron chi connectivity index (χ0n) is 14.4. The molecule has 0 saturated carbocycles. The molecule has 1 heterocycles. The molecule has 0 aliphatic carbocycles.